The van der Waals surface area contributed by atoms with E-state index in [4.69, 9.17) is 14.2 Å². The van der Waals surface area contributed by atoms with Crippen LogP contribution in [-0.4, -0.2) is 25.9 Å². The molecule has 0 saturated carbocycles. The third kappa shape index (κ3) is 5.35. The average molecular weight is 422 g/mol. The van der Waals surface area contributed by atoms with Gasteiger partial charge in [0, 0.05) is 29.4 Å². The van der Waals surface area contributed by atoms with Gasteiger partial charge < -0.3 is 14.2 Å². The lowest BCUT2D eigenvalue weighted by atomic mass is 9.96. The van der Waals surface area contributed by atoms with Gasteiger partial charge in [-0.1, -0.05) is 31.9 Å². The molecule has 0 bridgehead atoms. The van der Waals surface area contributed by atoms with Crippen LogP contribution in [0.4, 0.5) is 13.2 Å². The maximum atomic E-state index is 14.8. The Balaban J connectivity index is 1.74. The van der Waals surface area contributed by atoms with Crippen LogP contribution in [0.3, 0.4) is 0 Å². The summed E-state index contributed by atoms with van der Waals surface area (Å²) in [6.45, 7) is 5.42. The van der Waals surface area contributed by atoms with Crippen LogP contribution in [-0.2, 0) is 9.47 Å². The van der Waals surface area contributed by atoms with Crippen LogP contribution >= 0.6 is 0 Å². The Bertz CT molecular complexity index is 833. The number of ether oxygens (including phenoxy) is 3. The Hall–Kier alpha value is -2.05. The fourth-order valence-corrected chi connectivity index (χ4v) is 3.71. The monoisotopic (exact) mass is 422 g/mol. The van der Waals surface area contributed by atoms with E-state index in [-0.39, 0.29) is 22.8 Å². The first-order valence-electron chi connectivity index (χ1n) is 10.7. The van der Waals surface area contributed by atoms with E-state index in [2.05, 4.69) is 6.92 Å². The number of hydrogen-bond acceptors (Lipinski definition) is 3. The molecule has 0 N–H and O–H groups in total. The molecule has 3 nitrogen and oxygen atoms in total. The highest BCUT2D eigenvalue weighted by Gasteiger charge is 2.28. The number of unbranched alkanes of at least 4 members (excludes halogenated alkanes) is 2. The van der Waals surface area contributed by atoms with Crippen molar-refractivity contribution in [2.24, 2.45) is 0 Å². The van der Waals surface area contributed by atoms with Crippen molar-refractivity contribution in [1.29, 1.82) is 0 Å². The minimum Gasteiger partial charge on any atom is -0.493 e. The van der Waals surface area contributed by atoms with Crippen molar-refractivity contribution in [1.82, 2.24) is 0 Å². The summed E-state index contributed by atoms with van der Waals surface area (Å²) < 4.78 is 60.9. The van der Waals surface area contributed by atoms with Gasteiger partial charge in [-0.05, 0) is 38.3 Å². The van der Waals surface area contributed by atoms with E-state index in [1.807, 2.05) is 6.92 Å². The summed E-state index contributed by atoms with van der Waals surface area (Å²) in [6, 6.07) is 7.10. The smallest absolute Gasteiger partial charge is 0.167 e. The van der Waals surface area contributed by atoms with Gasteiger partial charge >= 0.3 is 0 Å². The Morgan fingerprint density at radius 1 is 0.967 bits per heavy atom. The zero-order chi connectivity index (χ0) is 21.5. The second-order valence-electron chi connectivity index (χ2n) is 7.50. The molecular weight excluding hydrogens is 393 g/mol. The van der Waals surface area contributed by atoms with Crippen LogP contribution in [0.1, 0.15) is 57.6 Å². The van der Waals surface area contributed by atoms with Crippen molar-refractivity contribution in [2.75, 3.05) is 19.8 Å². The van der Waals surface area contributed by atoms with Gasteiger partial charge in [0.15, 0.2) is 11.6 Å². The molecule has 0 radical (unpaired) electrons. The third-order valence-electron chi connectivity index (χ3n) is 5.34. The molecule has 30 heavy (non-hydrogen) atoms. The third-order valence-corrected chi connectivity index (χ3v) is 5.34. The molecule has 2 atom stereocenters. The molecular formula is C24H29F3O3. The fourth-order valence-electron chi connectivity index (χ4n) is 3.71. The number of hydrogen-bond donors (Lipinski definition) is 0. The zero-order valence-electron chi connectivity index (χ0n) is 17.6. The quantitative estimate of drug-likeness (QED) is 0.426. The average Bonchev–Trinajstić information content (AvgIpc) is 2.75. The molecule has 1 aliphatic rings. The van der Waals surface area contributed by atoms with E-state index < -0.39 is 23.6 Å². The van der Waals surface area contributed by atoms with Gasteiger partial charge in [-0.25, -0.2) is 13.2 Å². The molecule has 1 saturated heterocycles. The molecule has 1 fully saturated rings. The molecule has 1 heterocycles. The highest BCUT2D eigenvalue weighted by atomic mass is 19.2. The van der Waals surface area contributed by atoms with Crippen molar-refractivity contribution >= 4 is 0 Å². The SMILES string of the molecule is CCCCCOc1ccc(-c2ccc(C3CCC(OCC)CO3)c(F)c2F)c(F)c1. The minimum absolute atomic E-state index is 0.000157. The maximum Gasteiger partial charge on any atom is 0.167 e. The highest BCUT2D eigenvalue weighted by Crippen LogP contribution is 2.36. The number of benzene rings is 2. The lowest BCUT2D eigenvalue weighted by Crippen LogP contribution is -2.28. The highest BCUT2D eigenvalue weighted by molar-refractivity contribution is 5.66. The number of rotatable bonds is 9. The Labute approximate surface area is 176 Å². The summed E-state index contributed by atoms with van der Waals surface area (Å²) in [7, 11) is 0. The summed E-state index contributed by atoms with van der Waals surface area (Å²) in [5.41, 5.74) is 0.0385. The molecule has 0 aromatic heterocycles. The van der Waals surface area contributed by atoms with E-state index in [9.17, 15) is 13.2 Å². The van der Waals surface area contributed by atoms with Gasteiger partial charge in [0.1, 0.15) is 11.6 Å². The standard InChI is InChI=1S/C24H29F3O3/c1-3-5-6-13-29-16-7-9-18(21(25)14-16)19-10-11-20(24(27)23(19)26)22-12-8-17(15-30-22)28-4-2/h7,9-11,14,17,22H,3-6,8,12-13,15H2,1-2H3. The van der Waals surface area contributed by atoms with Crippen molar-refractivity contribution in [2.45, 2.75) is 58.2 Å². The summed E-state index contributed by atoms with van der Waals surface area (Å²) in [4.78, 5) is 0. The van der Waals surface area contributed by atoms with Crippen LogP contribution in [0.15, 0.2) is 30.3 Å². The van der Waals surface area contributed by atoms with E-state index in [0.717, 1.165) is 25.7 Å². The van der Waals surface area contributed by atoms with Gasteiger partial charge in [0.2, 0.25) is 0 Å². The van der Waals surface area contributed by atoms with E-state index in [1.54, 1.807) is 6.07 Å². The van der Waals surface area contributed by atoms with Crippen molar-refractivity contribution in [3.63, 3.8) is 0 Å². The zero-order valence-corrected chi connectivity index (χ0v) is 17.6. The van der Waals surface area contributed by atoms with E-state index >= 15 is 0 Å². The Morgan fingerprint density at radius 3 is 2.43 bits per heavy atom. The molecule has 164 valence electrons. The minimum atomic E-state index is -1.07. The van der Waals surface area contributed by atoms with Gasteiger partial charge in [-0.3, -0.25) is 0 Å². The summed E-state index contributed by atoms with van der Waals surface area (Å²) in [5, 5.41) is 0. The Morgan fingerprint density at radius 2 is 1.77 bits per heavy atom. The van der Waals surface area contributed by atoms with Crippen LogP contribution in [0, 0.1) is 17.5 Å². The summed E-state index contributed by atoms with van der Waals surface area (Å²) in [5.74, 6) is -2.34. The van der Waals surface area contributed by atoms with Crippen LogP contribution < -0.4 is 4.74 Å². The predicted octanol–water partition coefficient (Wildman–Crippen LogP) is 6.60. The molecule has 0 spiro atoms. The van der Waals surface area contributed by atoms with Gasteiger partial charge in [-0.2, -0.15) is 0 Å². The predicted molar refractivity (Wildman–Crippen MR) is 110 cm³/mol. The second-order valence-corrected chi connectivity index (χ2v) is 7.50. The van der Waals surface area contributed by atoms with Crippen molar-refractivity contribution in [3.8, 4) is 16.9 Å². The molecule has 6 heteroatoms. The Kier molecular flexibility index (Phi) is 8.16. The maximum absolute atomic E-state index is 14.8. The van der Waals surface area contributed by atoms with Crippen molar-refractivity contribution < 1.29 is 27.4 Å². The molecule has 0 aliphatic carbocycles. The van der Waals surface area contributed by atoms with Crippen LogP contribution in [0.25, 0.3) is 11.1 Å². The molecule has 3 rings (SSSR count). The van der Waals surface area contributed by atoms with Gasteiger partial charge in [0.25, 0.3) is 0 Å². The molecule has 2 aromatic rings. The fraction of sp³-hybridized carbons (Fsp3) is 0.500. The lowest BCUT2D eigenvalue weighted by molar-refractivity contribution is -0.0850. The lowest BCUT2D eigenvalue weighted by Gasteiger charge is -2.29. The topological polar surface area (TPSA) is 27.7 Å². The number of halogens is 3. The summed E-state index contributed by atoms with van der Waals surface area (Å²) in [6.07, 6.45) is 3.69. The molecule has 1 aliphatic heterocycles. The van der Waals surface area contributed by atoms with Gasteiger partial charge in [0.05, 0.1) is 25.4 Å². The normalized spacial score (nSPS) is 19.1. The largest absolute Gasteiger partial charge is 0.493 e. The van der Waals surface area contributed by atoms with Crippen molar-refractivity contribution in [3.05, 3.63) is 53.3 Å². The second kappa shape index (κ2) is 10.8. The van der Waals surface area contributed by atoms with Crippen LogP contribution in [0.5, 0.6) is 5.75 Å². The first-order valence-corrected chi connectivity index (χ1v) is 10.7. The summed E-state index contributed by atoms with van der Waals surface area (Å²) >= 11 is 0. The molecule has 2 aromatic carbocycles. The van der Waals surface area contributed by atoms with E-state index in [0.29, 0.717) is 32.0 Å². The van der Waals surface area contributed by atoms with Crippen LogP contribution in [0.2, 0.25) is 0 Å². The first-order chi connectivity index (χ1) is 14.5. The van der Waals surface area contributed by atoms with E-state index in [1.165, 1.54) is 24.3 Å². The van der Waals surface area contributed by atoms with Gasteiger partial charge in [-0.15, -0.1) is 0 Å². The molecule has 0 amide bonds. The first kappa shape index (κ1) is 22.6. The molecule has 2 unspecified atom stereocenters.